The van der Waals surface area contributed by atoms with Gasteiger partial charge in [-0.25, -0.2) is 0 Å². The fourth-order valence-electron chi connectivity index (χ4n) is 0.261. The SMILES string of the molecule is CCN(O)CC(=O)[O-].[Na+]. The first-order valence-electron chi connectivity index (χ1n) is 2.30. The minimum atomic E-state index is -1.27. The van der Waals surface area contributed by atoms with Crippen LogP contribution in [0.2, 0.25) is 0 Å². The molecule has 4 nitrogen and oxygen atoms in total. The van der Waals surface area contributed by atoms with E-state index in [9.17, 15) is 9.90 Å². The van der Waals surface area contributed by atoms with E-state index in [0.29, 0.717) is 11.6 Å². The second-order valence-corrected chi connectivity index (χ2v) is 1.35. The predicted octanol–water partition coefficient (Wildman–Crippen LogP) is -4.55. The van der Waals surface area contributed by atoms with E-state index in [2.05, 4.69) is 0 Å². The zero-order valence-electron chi connectivity index (χ0n) is 5.63. The molecule has 0 bridgehead atoms. The van der Waals surface area contributed by atoms with Gasteiger partial charge in [0, 0.05) is 6.54 Å². The molecule has 0 radical (unpaired) electrons. The second kappa shape index (κ2) is 6.51. The second-order valence-electron chi connectivity index (χ2n) is 1.35. The summed E-state index contributed by atoms with van der Waals surface area (Å²) in [5, 5.41) is 18.8. The summed E-state index contributed by atoms with van der Waals surface area (Å²) in [6, 6.07) is 0. The summed E-state index contributed by atoms with van der Waals surface area (Å²) in [5.41, 5.74) is 0. The number of nitrogens with zero attached hydrogens (tertiary/aromatic N) is 1. The number of hydroxylamine groups is 2. The molecule has 0 aliphatic rings. The van der Waals surface area contributed by atoms with Crippen LogP contribution in [0.25, 0.3) is 0 Å². The smallest absolute Gasteiger partial charge is 0.549 e. The Kier molecular flexibility index (Phi) is 8.75. The van der Waals surface area contributed by atoms with Crippen molar-refractivity contribution in [1.82, 2.24) is 5.06 Å². The Morgan fingerprint density at radius 1 is 1.78 bits per heavy atom. The van der Waals surface area contributed by atoms with Gasteiger partial charge in [0.1, 0.15) is 0 Å². The number of likely N-dealkylation sites (N-methyl/N-ethyl adjacent to an activating group) is 1. The normalized spacial score (nSPS) is 8.78. The zero-order valence-corrected chi connectivity index (χ0v) is 7.63. The maximum Gasteiger partial charge on any atom is 1.00 e. The van der Waals surface area contributed by atoms with Crippen molar-refractivity contribution in [3.63, 3.8) is 0 Å². The van der Waals surface area contributed by atoms with E-state index in [1.807, 2.05) is 0 Å². The van der Waals surface area contributed by atoms with Gasteiger partial charge in [0.15, 0.2) is 0 Å². The Hall–Kier alpha value is 0.390. The molecule has 0 fully saturated rings. The number of carboxylic acids is 1. The van der Waals surface area contributed by atoms with Crippen LogP contribution in [0.1, 0.15) is 6.92 Å². The van der Waals surface area contributed by atoms with Gasteiger partial charge in [0.2, 0.25) is 0 Å². The van der Waals surface area contributed by atoms with E-state index >= 15 is 0 Å². The first-order valence-corrected chi connectivity index (χ1v) is 2.30. The van der Waals surface area contributed by atoms with Crippen LogP contribution in [0, 0.1) is 0 Å². The van der Waals surface area contributed by atoms with E-state index in [-0.39, 0.29) is 29.6 Å². The molecule has 0 saturated heterocycles. The van der Waals surface area contributed by atoms with Gasteiger partial charge < -0.3 is 15.1 Å². The molecule has 0 aromatic heterocycles. The van der Waals surface area contributed by atoms with Crippen LogP contribution in [-0.4, -0.2) is 29.3 Å². The van der Waals surface area contributed by atoms with Crippen molar-refractivity contribution in [1.29, 1.82) is 0 Å². The molecule has 9 heavy (non-hydrogen) atoms. The fraction of sp³-hybridized carbons (Fsp3) is 0.750. The first kappa shape index (κ1) is 12.1. The Morgan fingerprint density at radius 3 is 2.33 bits per heavy atom. The van der Waals surface area contributed by atoms with Crippen molar-refractivity contribution >= 4 is 5.97 Å². The van der Waals surface area contributed by atoms with E-state index in [1.165, 1.54) is 0 Å². The molecule has 0 saturated carbocycles. The Balaban J connectivity index is 0. The Bertz CT molecular complexity index is 87.9. The molecular formula is C4H8NNaO3. The quantitative estimate of drug-likeness (QED) is 0.317. The van der Waals surface area contributed by atoms with Gasteiger partial charge in [-0.1, -0.05) is 6.92 Å². The van der Waals surface area contributed by atoms with Gasteiger partial charge in [-0.15, -0.1) is 0 Å². The van der Waals surface area contributed by atoms with Crippen LogP contribution in [0.15, 0.2) is 0 Å². The molecular weight excluding hydrogens is 133 g/mol. The number of aliphatic carboxylic acids is 1. The van der Waals surface area contributed by atoms with E-state index in [0.717, 1.165) is 0 Å². The Labute approximate surface area is 75.7 Å². The molecule has 0 amide bonds. The van der Waals surface area contributed by atoms with Gasteiger partial charge in [0.05, 0.1) is 12.5 Å². The summed E-state index contributed by atoms with van der Waals surface area (Å²) < 4.78 is 0. The average Bonchev–Trinajstić information content (AvgIpc) is 1.65. The van der Waals surface area contributed by atoms with Gasteiger partial charge in [0.25, 0.3) is 0 Å². The van der Waals surface area contributed by atoms with Gasteiger partial charge in [-0.3, -0.25) is 0 Å². The van der Waals surface area contributed by atoms with Crippen molar-refractivity contribution in [3.8, 4) is 0 Å². The number of hydrogen-bond acceptors (Lipinski definition) is 4. The largest absolute Gasteiger partial charge is 1.00 e. The van der Waals surface area contributed by atoms with Crippen LogP contribution < -0.4 is 34.7 Å². The van der Waals surface area contributed by atoms with Gasteiger partial charge in [-0.05, 0) is 0 Å². The summed E-state index contributed by atoms with van der Waals surface area (Å²) in [6.07, 6.45) is 0. The summed E-state index contributed by atoms with van der Waals surface area (Å²) in [7, 11) is 0. The third kappa shape index (κ3) is 8.39. The topological polar surface area (TPSA) is 63.6 Å². The molecule has 0 aliphatic carbocycles. The number of carbonyl (C=O) groups excluding carboxylic acids is 1. The molecule has 48 valence electrons. The summed E-state index contributed by atoms with van der Waals surface area (Å²) in [4.78, 5) is 9.66. The molecule has 5 heteroatoms. The van der Waals surface area contributed by atoms with E-state index in [4.69, 9.17) is 5.21 Å². The maximum absolute atomic E-state index is 9.66. The number of rotatable bonds is 3. The van der Waals surface area contributed by atoms with E-state index < -0.39 is 12.5 Å². The average molecular weight is 141 g/mol. The molecule has 1 N–H and O–H groups in total. The number of carboxylic acid groups (broad SMARTS) is 1. The molecule has 0 heterocycles. The monoisotopic (exact) mass is 141 g/mol. The number of carbonyl (C=O) groups is 1. The van der Waals surface area contributed by atoms with Crippen LogP contribution in [0.4, 0.5) is 0 Å². The van der Waals surface area contributed by atoms with Crippen molar-refractivity contribution in [2.75, 3.05) is 13.1 Å². The minimum Gasteiger partial charge on any atom is -0.549 e. The summed E-state index contributed by atoms with van der Waals surface area (Å²) in [6.45, 7) is 1.52. The van der Waals surface area contributed by atoms with Gasteiger partial charge in [-0.2, -0.15) is 5.06 Å². The fourth-order valence-corrected chi connectivity index (χ4v) is 0.261. The molecule has 0 aliphatic heterocycles. The zero-order chi connectivity index (χ0) is 6.57. The molecule has 0 atom stereocenters. The van der Waals surface area contributed by atoms with Crippen LogP contribution in [0.5, 0.6) is 0 Å². The van der Waals surface area contributed by atoms with Crippen LogP contribution >= 0.6 is 0 Å². The Morgan fingerprint density at radius 2 is 2.22 bits per heavy atom. The van der Waals surface area contributed by atoms with E-state index in [1.54, 1.807) is 6.92 Å². The van der Waals surface area contributed by atoms with Crippen LogP contribution in [-0.2, 0) is 4.79 Å². The molecule has 0 aromatic rings. The predicted molar refractivity (Wildman–Crippen MR) is 24.0 cm³/mol. The number of hydrogen-bond donors (Lipinski definition) is 1. The third-order valence-corrected chi connectivity index (χ3v) is 0.677. The van der Waals surface area contributed by atoms with Crippen molar-refractivity contribution in [2.24, 2.45) is 0 Å². The standard InChI is InChI=1S/C4H9NO3.Na/c1-2-5(8)3-4(6)7;/h8H,2-3H2,1H3,(H,6,7);/q;+1/p-1. The summed E-state index contributed by atoms with van der Waals surface area (Å²) in [5.74, 6) is -1.27. The van der Waals surface area contributed by atoms with Crippen LogP contribution in [0.3, 0.4) is 0 Å². The molecule has 0 unspecified atom stereocenters. The summed E-state index contributed by atoms with van der Waals surface area (Å²) >= 11 is 0. The van der Waals surface area contributed by atoms with Crippen molar-refractivity contribution in [2.45, 2.75) is 6.92 Å². The molecule has 0 spiro atoms. The minimum absolute atomic E-state index is 0. The molecule has 0 aromatic carbocycles. The van der Waals surface area contributed by atoms with Crippen molar-refractivity contribution in [3.05, 3.63) is 0 Å². The first-order chi connectivity index (χ1) is 3.66. The van der Waals surface area contributed by atoms with Crippen molar-refractivity contribution < 1.29 is 44.7 Å². The third-order valence-electron chi connectivity index (χ3n) is 0.677. The van der Waals surface area contributed by atoms with Gasteiger partial charge >= 0.3 is 29.6 Å². The maximum atomic E-state index is 9.66. The molecule has 0 rings (SSSR count).